The zero-order valence-electron chi connectivity index (χ0n) is 12.0. The quantitative estimate of drug-likeness (QED) is 0.797. The Morgan fingerprint density at radius 3 is 2.60 bits per heavy atom. The summed E-state index contributed by atoms with van der Waals surface area (Å²) in [6.45, 7) is -0.0549. The number of methoxy groups -OCH3 is 1. The monoisotopic (exact) mass is 277 g/mol. The summed E-state index contributed by atoms with van der Waals surface area (Å²) < 4.78 is 5.45. The van der Waals surface area contributed by atoms with Crippen LogP contribution in [0.2, 0.25) is 0 Å². The van der Waals surface area contributed by atoms with Gasteiger partial charge in [-0.15, -0.1) is 0 Å². The van der Waals surface area contributed by atoms with E-state index < -0.39 is 0 Å². The van der Waals surface area contributed by atoms with Crippen LogP contribution in [-0.2, 0) is 16.0 Å². The average Bonchev–Trinajstić information content (AvgIpc) is 2.43. The van der Waals surface area contributed by atoms with E-state index in [4.69, 9.17) is 4.74 Å². The lowest BCUT2D eigenvalue weighted by atomic mass is 9.77. The van der Waals surface area contributed by atoms with Crippen LogP contribution in [0.15, 0.2) is 30.3 Å². The summed E-state index contributed by atoms with van der Waals surface area (Å²) >= 11 is 0. The summed E-state index contributed by atoms with van der Waals surface area (Å²) in [5.41, 5.74) is 0.841. The minimum Gasteiger partial charge on any atom is -0.394 e. The van der Waals surface area contributed by atoms with Crippen molar-refractivity contribution >= 4 is 5.91 Å². The van der Waals surface area contributed by atoms with Crippen molar-refractivity contribution in [1.29, 1.82) is 0 Å². The first-order valence-corrected chi connectivity index (χ1v) is 7.17. The van der Waals surface area contributed by atoms with Crippen LogP contribution in [0.5, 0.6) is 0 Å². The van der Waals surface area contributed by atoms with Gasteiger partial charge in [-0.3, -0.25) is 4.79 Å². The second kappa shape index (κ2) is 6.86. The molecule has 2 N–H and O–H groups in total. The number of hydrogen-bond donors (Lipinski definition) is 2. The van der Waals surface area contributed by atoms with Gasteiger partial charge in [0.1, 0.15) is 0 Å². The standard InChI is InChI=1S/C16H23NO3/c1-20-16(8-5-9-16)11-15(19)17-14(12-18)10-13-6-3-2-4-7-13/h2-4,6-7,14,18H,5,8-12H2,1H3,(H,17,19). The van der Waals surface area contributed by atoms with Crippen LogP contribution in [0.25, 0.3) is 0 Å². The lowest BCUT2D eigenvalue weighted by Crippen LogP contribution is -2.47. The molecule has 1 atom stereocenters. The highest BCUT2D eigenvalue weighted by molar-refractivity contribution is 5.77. The Bertz CT molecular complexity index is 423. The van der Waals surface area contributed by atoms with Crippen molar-refractivity contribution in [2.45, 2.75) is 43.7 Å². The van der Waals surface area contributed by atoms with Gasteiger partial charge in [0.05, 0.1) is 24.7 Å². The summed E-state index contributed by atoms with van der Waals surface area (Å²) in [6.07, 6.45) is 4.03. The van der Waals surface area contributed by atoms with Crippen LogP contribution in [0.4, 0.5) is 0 Å². The van der Waals surface area contributed by atoms with Crippen molar-refractivity contribution in [3.8, 4) is 0 Å². The van der Waals surface area contributed by atoms with Crippen LogP contribution in [0.3, 0.4) is 0 Å². The number of rotatable bonds is 7. The zero-order valence-corrected chi connectivity index (χ0v) is 12.0. The predicted molar refractivity (Wildman–Crippen MR) is 77.4 cm³/mol. The van der Waals surface area contributed by atoms with E-state index in [1.807, 2.05) is 30.3 Å². The van der Waals surface area contributed by atoms with E-state index in [0.29, 0.717) is 12.8 Å². The molecule has 4 heteroatoms. The van der Waals surface area contributed by atoms with Crippen LogP contribution < -0.4 is 5.32 Å². The Morgan fingerprint density at radius 1 is 1.40 bits per heavy atom. The summed E-state index contributed by atoms with van der Waals surface area (Å²) in [7, 11) is 1.67. The Morgan fingerprint density at radius 2 is 2.10 bits per heavy atom. The highest BCUT2D eigenvalue weighted by Gasteiger charge is 2.39. The van der Waals surface area contributed by atoms with E-state index in [9.17, 15) is 9.90 Å². The number of aliphatic hydroxyl groups is 1. The summed E-state index contributed by atoms with van der Waals surface area (Å²) in [5, 5.41) is 12.3. The highest BCUT2D eigenvalue weighted by Crippen LogP contribution is 2.37. The van der Waals surface area contributed by atoms with Crippen molar-refractivity contribution in [1.82, 2.24) is 5.32 Å². The number of ether oxygens (including phenoxy) is 1. The molecule has 1 aromatic rings. The molecule has 0 bridgehead atoms. The number of carbonyl (C=O) groups excluding carboxylic acids is 1. The Kier molecular flexibility index (Phi) is 5.15. The Labute approximate surface area is 120 Å². The van der Waals surface area contributed by atoms with Gasteiger partial charge in [-0.25, -0.2) is 0 Å². The molecule has 2 rings (SSSR count). The molecule has 1 aliphatic carbocycles. The van der Waals surface area contributed by atoms with Crippen molar-refractivity contribution in [3.63, 3.8) is 0 Å². The molecular formula is C16H23NO3. The van der Waals surface area contributed by atoms with Gasteiger partial charge in [0, 0.05) is 7.11 Å². The van der Waals surface area contributed by atoms with Crippen LogP contribution >= 0.6 is 0 Å². The molecule has 4 nitrogen and oxygen atoms in total. The topological polar surface area (TPSA) is 58.6 Å². The first-order valence-electron chi connectivity index (χ1n) is 7.17. The van der Waals surface area contributed by atoms with Gasteiger partial charge >= 0.3 is 0 Å². The number of aliphatic hydroxyl groups excluding tert-OH is 1. The van der Waals surface area contributed by atoms with Gasteiger partial charge in [-0.2, -0.15) is 0 Å². The zero-order chi connectivity index (χ0) is 14.4. The second-order valence-electron chi connectivity index (χ2n) is 5.55. The summed E-state index contributed by atoms with van der Waals surface area (Å²) in [5.74, 6) is -0.0402. The molecule has 110 valence electrons. The molecule has 0 aromatic heterocycles. The number of amides is 1. The fourth-order valence-electron chi connectivity index (χ4n) is 2.66. The first-order chi connectivity index (χ1) is 9.67. The molecule has 1 fully saturated rings. The molecule has 1 amide bonds. The fourth-order valence-corrected chi connectivity index (χ4v) is 2.66. The first kappa shape index (κ1) is 15.0. The highest BCUT2D eigenvalue weighted by atomic mass is 16.5. The smallest absolute Gasteiger partial charge is 0.223 e. The van der Waals surface area contributed by atoms with Crippen LogP contribution in [-0.4, -0.2) is 36.4 Å². The lowest BCUT2D eigenvalue weighted by Gasteiger charge is -2.40. The van der Waals surface area contributed by atoms with E-state index in [2.05, 4.69) is 5.32 Å². The van der Waals surface area contributed by atoms with E-state index in [1.165, 1.54) is 0 Å². The molecule has 1 saturated carbocycles. The normalized spacial score (nSPS) is 18.1. The maximum atomic E-state index is 12.1. The van der Waals surface area contributed by atoms with Gasteiger partial charge < -0.3 is 15.2 Å². The third-order valence-electron chi connectivity index (χ3n) is 4.09. The summed E-state index contributed by atoms with van der Waals surface area (Å²) in [4.78, 5) is 12.1. The maximum absolute atomic E-state index is 12.1. The fraction of sp³-hybridized carbons (Fsp3) is 0.562. The van der Waals surface area contributed by atoms with Crippen molar-refractivity contribution in [2.24, 2.45) is 0 Å². The summed E-state index contributed by atoms with van der Waals surface area (Å²) in [6, 6.07) is 9.63. The van der Waals surface area contributed by atoms with Gasteiger partial charge in [0.2, 0.25) is 5.91 Å². The molecule has 20 heavy (non-hydrogen) atoms. The molecule has 1 aliphatic rings. The third-order valence-corrected chi connectivity index (χ3v) is 4.09. The number of hydrogen-bond acceptors (Lipinski definition) is 3. The number of carbonyl (C=O) groups is 1. The SMILES string of the molecule is COC1(CC(=O)NC(CO)Cc2ccccc2)CCC1. The molecular weight excluding hydrogens is 254 g/mol. The van der Waals surface area contributed by atoms with Gasteiger partial charge in [0.15, 0.2) is 0 Å². The maximum Gasteiger partial charge on any atom is 0.223 e. The van der Waals surface area contributed by atoms with E-state index in [-0.39, 0.29) is 24.2 Å². The minimum absolute atomic E-state index is 0.0402. The predicted octanol–water partition coefficient (Wildman–Crippen LogP) is 1.67. The number of benzene rings is 1. The van der Waals surface area contributed by atoms with Gasteiger partial charge in [-0.05, 0) is 31.2 Å². The second-order valence-corrected chi connectivity index (χ2v) is 5.55. The molecule has 1 aromatic carbocycles. The average molecular weight is 277 g/mol. The van der Waals surface area contributed by atoms with Crippen molar-refractivity contribution < 1.29 is 14.6 Å². The van der Waals surface area contributed by atoms with E-state index in [0.717, 1.165) is 24.8 Å². The van der Waals surface area contributed by atoms with Crippen LogP contribution in [0, 0.1) is 0 Å². The Hall–Kier alpha value is -1.39. The molecule has 0 radical (unpaired) electrons. The van der Waals surface area contributed by atoms with Gasteiger partial charge in [0.25, 0.3) is 0 Å². The van der Waals surface area contributed by atoms with Gasteiger partial charge in [-0.1, -0.05) is 30.3 Å². The van der Waals surface area contributed by atoms with E-state index >= 15 is 0 Å². The molecule has 1 unspecified atom stereocenters. The lowest BCUT2D eigenvalue weighted by molar-refractivity contribution is -0.135. The van der Waals surface area contributed by atoms with Crippen molar-refractivity contribution in [3.05, 3.63) is 35.9 Å². The third kappa shape index (κ3) is 3.81. The van der Waals surface area contributed by atoms with E-state index in [1.54, 1.807) is 7.11 Å². The minimum atomic E-state index is -0.267. The molecule has 0 saturated heterocycles. The molecule has 0 spiro atoms. The molecule has 0 aliphatic heterocycles. The Balaban J connectivity index is 1.85. The molecule has 0 heterocycles. The van der Waals surface area contributed by atoms with Crippen molar-refractivity contribution in [2.75, 3.05) is 13.7 Å². The van der Waals surface area contributed by atoms with Crippen LogP contribution in [0.1, 0.15) is 31.2 Å². The number of nitrogens with one attached hydrogen (secondary N) is 1. The largest absolute Gasteiger partial charge is 0.394 e.